The van der Waals surface area contributed by atoms with E-state index in [1.165, 1.54) is 6.92 Å². The number of carbonyl (C=O) groups is 4. The summed E-state index contributed by atoms with van der Waals surface area (Å²) >= 11 is 17.5. The number of carbonyl (C=O) groups excluding carboxylic acids is 3. The van der Waals surface area contributed by atoms with Crippen molar-refractivity contribution in [3.05, 3.63) is 230 Å². The number of benzene rings is 9. The number of halogens is 9. The number of amides is 1. The van der Waals surface area contributed by atoms with Gasteiger partial charge in [0, 0.05) is 54.9 Å². The molecule has 0 aliphatic heterocycles. The maximum Gasteiger partial charge on any atom is 0.338 e. The second kappa shape index (κ2) is 35.1. The van der Waals surface area contributed by atoms with Gasteiger partial charge in [0.15, 0.2) is 17.2 Å². The van der Waals surface area contributed by atoms with Crippen LogP contribution in [0, 0.1) is 34.9 Å². The molecule has 0 bridgehead atoms. The number of hydrogen-bond donors (Lipinski definition) is 11. The minimum Gasteiger partial charge on any atom is -0.505 e. The number of aromatic hydroxyl groups is 3. The Balaban J connectivity index is 0.000000231. The summed E-state index contributed by atoms with van der Waals surface area (Å²) in [6.07, 6.45) is 0. The van der Waals surface area contributed by atoms with Crippen molar-refractivity contribution in [2.45, 2.75) is 21.6 Å². The number of nitrogens with one attached hydrogen (secondary N) is 4. The number of carboxylic acids is 1. The summed E-state index contributed by atoms with van der Waals surface area (Å²) in [5, 5.41) is 48.1. The van der Waals surface area contributed by atoms with Crippen molar-refractivity contribution in [1.29, 1.82) is 0 Å². The highest BCUT2D eigenvalue weighted by Gasteiger charge is 2.30. The van der Waals surface area contributed by atoms with Crippen LogP contribution in [0.1, 0.15) is 38.0 Å². The number of nitrogens with two attached hydrogens (primary N) is 2. The van der Waals surface area contributed by atoms with Crippen LogP contribution < -0.4 is 31.0 Å². The molecule has 1 amide bonds. The fourth-order valence-corrected chi connectivity index (χ4v) is 12.8. The predicted molar refractivity (Wildman–Crippen MR) is 359 cm³/mol. The number of aliphatic hydroxyl groups excluding tert-OH is 1. The maximum atomic E-state index is 14.4. The topological polar surface area (TPSA) is 390 Å². The fourth-order valence-electron chi connectivity index (χ4n) is 8.38. The van der Waals surface area contributed by atoms with Crippen LogP contribution in [0.5, 0.6) is 17.2 Å². The summed E-state index contributed by atoms with van der Waals surface area (Å²) in [5.74, 6) is -12.7. The summed E-state index contributed by atoms with van der Waals surface area (Å²) in [4.78, 5) is 43.9. The molecule has 0 aromatic heterocycles. The first-order chi connectivity index (χ1) is 47.1. The largest absolute Gasteiger partial charge is 0.505 e. The number of sulfonamides is 3. The van der Waals surface area contributed by atoms with E-state index in [4.69, 9.17) is 66.0 Å². The number of phenolic OH excluding ortho intramolecular Hbond substituents is 3. The van der Waals surface area contributed by atoms with Crippen LogP contribution in [0.15, 0.2) is 178 Å². The fraction of sp³-hybridized carbons (Fsp3) is 0.108. The summed E-state index contributed by atoms with van der Waals surface area (Å²) in [6, 6.07) is 33.8. The van der Waals surface area contributed by atoms with Crippen molar-refractivity contribution in [2.24, 2.45) is 11.5 Å². The van der Waals surface area contributed by atoms with Crippen LogP contribution in [0.3, 0.4) is 0 Å². The number of aliphatic hydroxyl groups is 1. The van der Waals surface area contributed by atoms with Gasteiger partial charge in [0.1, 0.15) is 62.8 Å². The highest BCUT2D eigenvalue weighted by molar-refractivity contribution is 7.93. The lowest BCUT2D eigenvalue weighted by Crippen LogP contribution is -2.25. The number of ether oxygens (including phenoxy) is 2. The van der Waals surface area contributed by atoms with E-state index < -0.39 is 153 Å². The SMILES string of the molecule is CC(=O)NCCOC(=O)c1cc(Cl)c(O)c(S(=O)(=O)Nc2cc(-c3ccccc3)c(F)cc2F)c1.NCCO.NCCOC(=O)c1cc(Cl)c(O)c(S(=O)(=O)Nc2cc(-c3ccccc3)c(F)cc2F)c1.O=C(O)c1cc(Cl)c(O)c(S(=O)(=O)Nc2cc(-c3ccccc3)c(F)cc2F)c1. The number of esters is 2. The monoisotopic (exact) mass is 1510 g/mol. The minimum atomic E-state index is -4.70. The molecule has 0 radical (unpaired) electrons. The molecule has 528 valence electrons. The van der Waals surface area contributed by atoms with Crippen molar-refractivity contribution in [2.75, 3.05) is 53.6 Å². The molecule has 23 nitrogen and oxygen atoms in total. The Hall–Kier alpha value is -10.2. The number of rotatable bonds is 21. The van der Waals surface area contributed by atoms with Gasteiger partial charge in [-0.3, -0.25) is 19.0 Å². The second-order valence-electron chi connectivity index (χ2n) is 20.1. The van der Waals surface area contributed by atoms with Gasteiger partial charge in [0.25, 0.3) is 30.1 Å². The summed E-state index contributed by atoms with van der Waals surface area (Å²) in [6.45, 7) is 1.48. The van der Waals surface area contributed by atoms with E-state index in [1.807, 2.05) is 14.2 Å². The van der Waals surface area contributed by atoms with Crippen LogP contribution in [-0.4, -0.2) is 114 Å². The summed E-state index contributed by atoms with van der Waals surface area (Å²) < 4.78 is 179. The Labute approximate surface area is 581 Å². The van der Waals surface area contributed by atoms with Crippen LogP contribution in [0.2, 0.25) is 15.1 Å². The maximum absolute atomic E-state index is 14.4. The van der Waals surface area contributed by atoms with Crippen molar-refractivity contribution in [1.82, 2.24) is 5.32 Å². The van der Waals surface area contributed by atoms with Crippen molar-refractivity contribution in [3.63, 3.8) is 0 Å². The summed E-state index contributed by atoms with van der Waals surface area (Å²) in [7, 11) is -14.0. The standard InChI is InChI=1S/C23H19ClF2N2O6S.C21H17ClF2N2O5S.C19H12ClF2NO5S.C2H7NO/c1-13(29)27-7-8-34-23(31)15-9-17(24)22(30)21(10-15)35(32,33)28-20-11-16(18(25)12-19(20)26)14-5-3-2-4-6-14;22-15-8-13(21(28)31-7-6-25)9-19(20(15)27)32(29,30)26-18-10-14(16(23)11-17(18)24)12-4-2-1-3-5-12;20-13-6-11(19(25)26)7-17(18(13)24)29(27,28)23-16-8-12(14(21)9-15(16)22)10-4-2-1-3-5-10;3-1-2-4/h2-6,9-12,28,30H,7-8H2,1H3,(H,27,29);1-5,8-11,26-27H,6-7,25H2;1-9,23-24H,(H,25,26);4H,1-3H2. The third-order valence-corrected chi connectivity index (χ3v) is 18.0. The van der Waals surface area contributed by atoms with Crippen molar-refractivity contribution in [3.8, 4) is 50.6 Å². The van der Waals surface area contributed by atoms with Crippen molar-refractivity contribution >= 4 is 106 Å². The van der Waals surface area contributed by atoms with Gasteiger partial charge < -0.3 is 51.8 Å². The number of hydrogen-bond acceptors (Lipinski definition) is 18. The molecule has 9 aromatic rings. The zero-order chi connectivity index (χ0) is 74.0. The Morgan fingerprint density at radius 1 is 0.440 bits per heavy atom. The molecule has 9 aromatic carbocycles. The molecule has 0 heterocycles. The molecule has 0 saturated heterocycles. The van der Waals surface area contributed by atoms with E-state index in [0.717, 1.165) is 48.5 Å². The first-order valence-corrected chi connectivity index (χ1v) is 33.9. The molecule has 0 aliphatic rings. The molecule has 0 fully saturated rings. The molecule has 100 heavy (non-hydrogen) atoms. The highest BCUT2D eigenvalue weighted by atomic mass is 35.5. The average molecular weight is 1510 g/mol. The lowest BCUT2D eigenvalue weighted by Gasteiger charge is -2.14. The van der Waals surface area contributed by atoms with Gasteiger partial charge in [-0.05, 0) is 71.3 Å². The molecule has 0 spiro atoms. The second-order valence-corrected chi connectivity index (χ2v) is 26.3. The third-order valence-electron chi connectivity index (χ3n) is 13.0. The van der Waals surface area contributed by atoms with Crippen LogP contribution in [0.25, 0.3) is 33.4 Å². The number of carboxylic acid groups (broad SMARTS) is 1. The van der Waals surface area contributed by atoms with E-state index in [-0.39, 0.29) is 66.6 Å². The predicted octanol–water partition coefficient (Wildman–Crippen LogP) is 11.4. The van der Waals surface area contributed by atoms with Crippen LogP contribution in [-0.2, 0) is 44.3 Å². The normalized spacial score (nSPS) is 11.1. The minimum absolute atomic E-state index is 0.0210. The molecular weight excluding hydrogens is 1450 g/mol. The van der Waals surface area contributed by atoms with Gasteiger partial charge in [0.2, 0.25) is 5.91 Å². The lowest BCUT2D eigenvalue weighted by molar-refractivity contribution is -0.119. The van der Waals surface area contributed by atoms with Gasteiger partial charge in [-0.2, -0.15) is 0 Å². The van der Waals surface area contributed by atoms with E-state index in [0.29, 0.717) is 47.5 Å². The highest BCUT2D eigenvalue weighted by Crippen LogP contribution is 2.39. The molecule has 0 saturated carbocycles. The van der Waals surface area contributed by atoms with E-state index in [1.54, 1.807) is 91.0 Å². The quantitative estimate of drug-likeness (QED) is 0.0181. The molecule has 0 unspecified atom stereocenters. The number of phenols is 3. The van der Waals surface area contributed by atoms with Gasteiger partial charge in [-0.25, -0.2) is 66.0 Å². The number of anilines is 3. The number of aromatic carboxylic acids is 1. The first kappa shape index (κ1) is 78.8. The lowest BCUT2D eigenvalue weighted by atomic mass is 10.0. The van der Waals surface area contributed by atoms with Gasteiger partial charge >= 0.3 is 17.9 Å². The Morgan fingerprint density at radius 3 is 1.01 bits per heavy atom. The molecular formula is C65H55Cl3F6N6O17S3. The Bertz CT molecular complexity index is 4870. The van der Waals surface area contributed by atoms with Crippen molar-refractivity contribution < 1.29 is 106 Å². The first-order valence-electron chi connectivity index (χ1n) is 28.3. The zero-order valence-electron chi connectivity index (χ0n) is 51.2. The van der Waals surface area contributed by atoms with Gasteiger partial charge in [0.05, 0.1) is 62.0 Å². The molecule has 9 rings (SSSR count). The molecule has 0 aliphatic carbocycles. The summed E-state index contributed by atoms with van der Waals surface area (Å²) in [5.41, 5.74) is 8.15. The van der Waals surface area contributed by atoms with Gasteiger partial charge in [-0.1, -0.05) is 126 Å². The molecule has 0 atom stereocenters. The van der Waals surface area contributed by atoms with Crippen LogP contribution >= 0.6 is 34.8 Å². The van der Waals surface area contributed by atoms with E-state index >= 15 is 0 Å². The zero-order valence-corrected chi connectivity index (χ0v) is 56.0. The Kier molecular flexibility index (Phi) is 27.6. The van der Waals surface area contributed by atoms with E-state index in [2.05, 4.69) is 5.32 Å². The van der Waals surface area contributed by atoms with E-state index in [9.17, 15) is 86.1 Å². The Morgan fingerprint density at radius 2 is 0.730 bits per heavy atom. The smallest absolute Gasteiger partial charge is 0.338 e. The van der Waals surface area contributed by atoms with Crippen LogP contribution in [0.4, 0.5) is 43.4 Å². The van der Waals surface area contributed by atoms with Gasteiger partial charge in [-0.15, -0.1) is 0 Å². The third kappa shape index (κ3) is 20.7. The molecule has 13 N–H and O–H groups in total. The molecule has 35 heteroatoms. The average Bonchev–Trinajstić information content (AvgIpc) is 0.783.